The van der Waals surface area contributed by atoms with Gasteiger partial charge in [-0.3, -0.25) is 4.79 Å². The van der Waals surface area contributed by atoms with Crippen LogP contribution in [0.15, 0.2) is 42.5 Å². The lowest BCUT2D eigenvalue weighted by atomic mass is 10.1. The van der Waals surface area contributed by atoms with Crippen molar-refractivity contribution in [1.29, 1.82) is 0 Å². The van der Waals surface area contributed by atoms with Crippen molar-refractivity contribution in [1.82, 2.24) is 5.32 Å². The Kier molecular flexibility index (Phi) is 4.83. The lowest BCUT2D eigenvalue weighted by Gasteiger charge is -2.13. The maximum Gasteiger partial charge on any atom is 0.251 e. The van der Waals surface area contributed by atoms with Gasteiger partial charge in [-0.15, -0.1) is 0 Å². The van der Waals surface area contributed by atoms with Gasteiger partial charge in [-0.05, 0) is 42.3 Å². The Morgan fingerprint density at radius 2 is 1.95 bits per heavy atom. The van der Waals surface area contributed by atoms with Gasteiger partial charge in [0, 0.05) is 22.8 Å². The third-order valence-corrected chi connectivity index (χ3v) is 3.62. The van der Waals surface area contributed by atoms with E-state index in [0.29, 0.717) is 21.8 Å². The van der Waals surface area contributed by atoms with E-state index < -0.39 is 6.10 Å². The molecule has 0 aromatic heterocycles. The summed E-state index contributed by atoms with van der Waals surface area (Å²) in [7, 11) is 0. The second kappa shape index (κ2) is 6.61. The van der Waals surface area contributed by atoms with Crippen LogP contribution in [0.1, 0.15) is 27.6 Å². The topological polar surface area (TPSA) is 75.3 Å². The number of aliphatic hydroxyl groups is 1. The first-order chi connectivity index (χ1) is 9.97. The van der Waals surface area contributed by atoms with Crippen LogP contribution in [0.2, 0.25) is 5.02 Å². The van der Waals surface area contributed by atoms with Crippen LogP contribution in [0, 0.1) is 6.92 Å². The molecule has 4 N–H and O–H groups in total. The van der Waals surface area contributed by atoms with E-state index in [4.69, 9.17) is 17.3 Å². The molecule has 0 saturated carbocycles. The smallest absolute Gasteiger partial charge is 0.251 e. The molecule has 5 heteroatoms. The number of hydrogen-bond acceptors (Lipinski definition) is 3. The molecular formula is C16H17ClN2O2. The van der Waals surface area contributed by atoms with Gasteiger partial charge in [0.05, 0.1) is 6.10 Å². The summed E-state index contributed by atoms with van der Waals surface area (Å²) in [6.07, 6.45) is -0.782. The van der Waals surface area contributed by atoms with Gasteiger partial charge in [0.2, 0.25) is 0 Å². The number of benzene rings is 2. The minimum absolute atomic E-state index is 0.119. The number of rotatable bonds is 4. The summed E-state index contributed by atoms with van der Waals surface area (Å²) in [4.78, 5) is 12.0. The van der Waals surface area contributed by atoms with Crippen molar-refractivity contribution in [3.05, 3.63) is 64.2 Å². The molecule has 0 spiro atoms. The molecule has 2 rings (SSSR count). The fourth-order valence-electron chi connectivity index (χ4n) is 1.86. The van der Waals surface area contributed by atoms with Crippen LogP contribution in [0.4, 0.5) is 5.69 Å². The molecule has 21 heavy (non-hydrogen) atoms. The first-order valence-corrected chi connectivity index (χ1v) is 6.93. The minimum atomic E-state index is -0.782. The number of amides is 1. The van der Waals surface area contributed by atoms with Crippen molar-refractivity contribution in [2.45, 2.75) is 13.0 Å². The highest BCUT2D eigenvalue weighted by Crippen LogP contribution is 2.17. The molecule has 0 aliphatic heterocycles. The zero-order valence-electron chi connectivity index (χ0n) is 11.6. The summed E-state index contributed by atoms with van der Waals surface area (Å²) in [5.41, 5.74) is 8.30. The number of hydrogen-bond donors (Lipinski definition) is 3. The summed E-state index contributed by atoms with van der Waals surface area (Å²) in [6.45, 7) is 1.99. The molecule has 110 valence electrons. The van der Waals surface area contributed by atoms with Crippen LogP contribution in [0.3, 0.4) is 0 Å². The van der Waals surface area contributed by atoms with E-state index in [1.807, 2.05) is 6.92 Å². The van der Waals surface area contributed by atoms with Crippen LogP contribution < -0.4 is 11.1 Å². The van der Waals surface area contributed by atoms with Crippen LogP contribution in [0.5, 0.6) is 0 Å². The first-order valence-electron chi connectivity index (χ1n) is 6.55. The van der Waals surface area contributed by atoms with Gasteiger partial charge in [0.1, 0.15) is 0 Å². The molecule has 1 atom stereocenters. The molecule has 0 radical (unpaired) electrons. The molecule has 2 aromatic rings. The summed E-state index contributed by atoms with van der Waals surface area (Å²) >= 11 is 5.99. The number of carbonyl (C=O) groups excluding carboxylic acids is 1. The Bertz CT molecular complexity index is 641. The second-order valence-corrected chi connectivity index (χ2v) is 5.26. The Balaban J connectivity index is 1.97. The maximum absolute atomic E-state index is 12.0. The van der Waals surface area contributed by atoms with Gasteiger partial charge in [0.15, 0.2) is 0 Å². The number of aliphatic hydroxyl groups excluding tert-OH is 1. The Hall–Kier alpha value is -2.04. The number of nitrogens with one attached hydrogen (secondary N) is 1. The van der Waals surface area contributed by atoms with Crippen LogP contribution in [-0.2, 0) is 0 Å². The van der Waals surface area contributed by atoms with E-state index >= 15 is 0 Å². The van der Waals surface area contributed by atoms with E-state index in [0.717, 1.165) is 5.56 Å². The highest BCUT2D eigenvalue weighted by molar-refractivity contribution is 6.31. The number of anilines is 1. The van der Waals surface area contributed by atoms with Gasteiger partial charge in [-0.25, -0.2) is 0 Å². The van der Waals surface area contributed by atoms with E-state index in [-0.39, 0.29) is 12.5 Å². The van der Waals surface area contributed by atoms with Gasteiger partial charge in [-0.1, -0.05) is 29.8 Å². The quantitative estimate of drug-likeness (QED) is 0.760. The molecule has 0 aliphatic carbocycles. The van der Waals surface area contributed by atoms with E-state index in [1.165, 1.54) is 0 Å². The summed E-state index contributed by atoms with van der Waals surface area (Å²) in [5.74, 6) is -0.272. The third kappa shape index (κ3) is 3.97. The first kappa shape index (κ1) is 15.4. The van der Waals surface area contributed by atoms with Gasteiger partial charge < -0.3 is 16.2 Å². The highest BCUT2D eigenvalue weighted by Gasteiger charge is 2.11. The Labute approximate surface area is 128 Å². The predicted molar refractivity (Wildman–Crippen MR) is 84.3 cm³/mol. The molecule has 0 aliphatic rings. The van der Waals surface area contributed by atoms with Crippen LogP contribution in [-0.4, -0.2) is 17.6 Å². The zero-order valence-corrected chi connectivity index (χ0v) is 12.4. The fourth-order valence-corrected chi connectivity index (χ4v) is 2.04. The fraction of sp³-hybridized carbons (Fsp3) is 0.188. The summed E-state index contributed by atoms with van der Waals surface area (Å²) in [5, 5.41) is 13.2. The number of nitrogen functional groups attached to an aromatic ring is 1. The van der Waals surface area contributed by atoms with Crippen LogP contribution >= 0.6 is 11.6 Å². The Morgan fingerprint density at radius 3 is 2.57 bits per heavy atom. The molecule has 0 saturated heterocycles. The molecule has 0 bridgehead atoms. The van der Waals surface area contributed by atoms with Gasteiger partial charge in [0.25, 0.3) is 5.91 Å². The molecule has 0 fully saturated rings. The Morgan fingerprint density at radius 1 is 1.29 bits per heavy atom. The number of carbonyl (C=O) groups is 1. The monoisotopic (exact) mass is 304 g/mol. The summed E-state index contributed by atoms with van der Waals surface area (Å²) < 4.78 is 0. The van der Waals surface area contributed by atoms with Gasteiger partial charge >= 0.3 is 0 Å². The lowest BCUT2D eigenvalue weighted by Crippen LogP contribution is -2.28. The van der Waals surface area contributed by atoms with E-state index in [9.17, 15) is 9.90 Å². The molecule has 2 aromatic carbocycles. The minimum Gasteiger partial charge on any atom is -0.399 e. The number of aryl methyl sites for hydroxylation is 1. The second-order valence-electron chi connectivity index (χ2n) is 4.86. The van der Waals surface area contributed by atoms with Crippen molar-refractivity contribution in [2.75, 3.05) is 12.3 Å². The van der Waals surface area contributed by atoms with Crippen molar-refractivity contribution in [3.63, 3.8) is 0 Å². The number of halogens is 1. The zero-order chi connectivity index (χ0) is 15.4. The predicted octanol–water partition coefficient (Wildman–Crippen LogP) is 2.69. The molecular weight excluding hydrogens is 288 g/mol. The lowest BCUT2D eigenvalue weighted by molar-refractivity contribution is 0.0916. The standard InChI is InChI=1S/C16H17ClN2O2/c1-10-2-3-12(8-14(10)17)16(21)19-9-15(20)11-4-6-13(18)7-5-11/h2-8,15,20H,9,18H2,1H3,(H,19,21). The third-order valence-electron chi connectivity index (χ3n) is 3.21. The highest BCUT2D eigenvalue weighted by atomic mass is 35.5. The average Bonchev–Trinajstić information content (AvgIpc) is 2.48. The van der Waals surface area contributed by atoms with Crippen molar-refractivity contribution in [3.8, 4) is 0 Å². The average molecular weight is 305 g/mol. The largest absolute Gasteiger partial charge is 0.399 e. The molecule has 4 nitrogen and oxygen atoms in total. The normalized spacial score (nSPS) is 12.0. The molecule has 0 heterocycles. The van der Waals surface area contributed by atoms with Crippen molar-refractivity contribution >= 4 is 23.2 Å². The SMILES string of the molecule is Cc1ccc(C(=O)NCC(O)c2ccc(N)cc2)cc1Cl. The van der Waals surface area contributed by atoms with E-state index in [1.54, 1.807) is 42.5 Å². The number of nitrogens with two attached hydrogens (primary N) is 1. The van der Waals surface area contributed by atoms with Crippen molar-refractivity contribution < 1.29 is 9.90 Å². The summed E-state index contributed by atoms with van der Waals surface area (Å²) in [6, 6.07) is 12.0. The van der Waals surface area contributed by atoms with Crippen molar-refractivity contribution in [2.24, 2.45) is 0 Å². The van der Waals surface area contributed by atoms with E-state index in [2.05, 4.69) is 5.32 Å². The van der Waals surface area contributed by atoms with Gasteiger partial charge in [-0.2, -0.15) is 0 Å². The van der Waals surface area contributed by atoms with Crippen LogP contribution in [0.25, 0.3) is 0 Å². The maximum atomic E-state index is 12.0. The molecule has 1 amide bonds. The molecule has 1 unspecified atom stereocenters.